The summed E-state index contributed by atoms with van der Waals surface area (Å²) in [5.74, 6) is -2.54. The maximum Gasteiger partial charge on any atom is 0.330 e. The van der Waals surface area contributed by atoms with Crippen LogP contribution in [-0.4, -0.2) is 23.6 Å². The van der Waals surface area contributed by atoms with Gasteiger partial charge in [0.2, 0.25) is 0 Å². The zero-order valence-corrected chi connectivity index (χ0v) is 13.9. The molecular weight excluding hydrogens is 357 g/mol. The highest BCUT2D eigenvalue weighted by atomic mass is 35.5. The number of hydrogen-bond acceptors (Lipinski definition) is 4. The van der Waals surface area contributed by atoms with Gasteiger partial charge in [0.25, 0.3) is 5.91 Å². The second kappa shape index (κ2) is 6.88. The molecule has 2 heterocycles. The summed E-state index contributed by atoms with van der Waals surface area (Å²) >= 11 is 6.92. The molecule has 0 fully saturated rings. The molecule has 0 saturated carbocycles. The number of benzene rings is 1. The van der Waals surface area contributed by atoms with Crippen molar-refractivity contribution in [2.24, 2.45) is 0 Å². The summed E-state index contributed by atoms with van der Waals surface area (Å²) in [6, 6.07) is 3.98. The fourth-order valence-electron chi connectivity index (χ4n) is 2.44. The van der Waals surface area contributed by atoms with Crippen molar-refractivity contribution in [3.8, 4) is 0 Å². The third-order valence-electron chi connectivity index (χ3n) is 3.65. The molecule has 1 aromatic heterocycles. The molecule has 0 aliphatic carbocycles. The van der Waals surface area contributed by atoms with Crippen LogP contribution >= 0.6 is 22.9 Å². The summed E-state index contributed by atoms with van der Waals surface area (Å²) in [6.45, 7) is 1.06. The zero-order chi connectivity index (χ0) is 17.3. The van der Waals surface area contributed by atoms with E-state index in [0.29, 0.717) is 18.1 Å². The normalized spacial score (nSPS) is 14.8. The topological polar surface area (TPSA) is 75.6 Å². The van der Waals surface area contributed by atoms with Crippen molar-refractivity contribution in [2.45, 2.75) is 19.1 Å². The van der Waals surface area contributed by atoms with E-state index >= 15 is 0 Å². The molecule has 24 heavy (non-hydrogen) atoms. The van der Waals surface area contributed by atoms with Crippen LogP contribution in [0.5, 0.6) is 0 Å². The second-order valence-corrected chi connectivity index (χ2v) is 6.82. The number of rotatable bonds is 4. The van der Waals surface area contributed by atoms with Crippen molar-refractivity contribution in [3.63, 3.8) is 0 Å². The molecule has 1 aliphatic rings. The van der Waals surface area contributed by atoms with Crippen LogP contribution in [0.15, 0.2) is 24.3 Å². The molecule has 1 amide bonds. The molecule has 3 rings (SSSR count). The Hall–Kier alpha value is -1.96. The number of fused-ring (bicyclic) bond motifs is 1. The first-order valence-electron chi connectivity index (χ1n) is 7.13. The van der Waals surface area contributed by atoms with Crippen LogP contribution in [-0.2, 0) is 22.6 Å². The smallest absolute Gasteiger partial charge is 0.330 e. The molecule has 0 radical (unpaired) electrons. The van der Waals surface area contributed by atoms with E-state index in [1.165, 1.54) is 23.5 Å². The van der Waals surface area contributed by atoms with E-state index in [2.05, 4.69) is 5.32 Å². The summed E-state index contributed by atoms with van der Waals surface area (Å²) in [7, 11) is 0. The lowest BCUT2D eigenvalue weighted by molar-refractivity contribution is -0.139. The molecule has 8 heteroatoms. The van der Waals surface area contributed by atoms with Crippen molar-refractivity contribution in [1.29, 1.82) is 0 Å². The first-order valence-corrected chi connectivity index (χ1v) is 8.33. The van der Waals surface area contributed by atoms with Crippen LogP contribution in [0, 0.1) is 5.82 Å². The summed E-state index contributed by atoms with van der Waals surface area (Å²) in [5, 5.41) is 11.7. The van der Waals surface area contributed by atoms with Crippen molar-refractivity contribution < 1.29 is 23.8 Å². The molecule has 2 aromatic rings. The lowest BCUT2D eigenvalue weighted by Crippen LogP contribution is -2.33. The number of aliphatic carboxylic acids is 1. The monoisotopic (exact) mass is 369 g/mol. The Balaban J connectivity index is 1.82. The summed E-state index contributed by atoms with van der Waals surface area (Å²) in [4.78, 5) is 25.3. The van der Waals surface area contributed by atoms with Crippen LogP contribution in [0.3, 0.4) is 0 Å². The highest BCUT2D eigenvalue weighted by Crippen LogP contribution is 2.28. The molecule has 0 spiro atoms. The Bertz CT molecular complexity index is 784. The Labute approximate surface area is 146 Å². The number of nitrogens with one attached hydrogen (secondary N) is 1. The number of ether oxygens (including phenoxy) is 1. The van der Waals surface area contributed by atoms with Crippen LogP contribution in [0.2, 0.25) is 5.02 Å². The van der Waals surface area contributed by atoms with E-state index in [4.69, 9.17) is 16.3 Å². The number of hydrogen-bond donors (Lipinski definition) is 2. The van der Waals surface area contributed by atoms with Crippen LogP contribution < -0.4 is 5.32 Å². The average Bonchev–Trinajstić information content (AvgIpc) is 2.99. The third-order valence-corrected chi connectivity index (χ3v) is 5.19. The van der Waals surface area contributed by atoms with Gasteiger partial charge in [-0.1, -0.05) is 17.7 Å². The van der Waals surface area contributed by atoms with E-state index in [1.807, 2.05) is 0 Å². The average molecular weight is 370 g/mol. The Morgan fingerprint density at radius 3 is 2.83 bits per heavy atom. The maximum atomic E-state index is 13.6. The van der Waals surface area contributed by atoms with Gasteiger partial charge in [-0.3, -0.25) is 4.79 Å². The van der Waals surface area contributed by atoms with E-state index in [9.17, 15) is 19.1 Å². The Kier molecular flexibility index (Phi) is 4.84. The largest absolute Gasteiger partial charge is 0.479 e. The molecule has 1 unspecified atom stereocenters. The summed E-state index contributed by atoms with van der Waals surface area (Å²) in [5.41, 5.74) is 1.06. The predicted octanol–water partition coefficient (Wildman–Crippen LogP) is 3.17. The zero-order valence-electron chi connectivity index (χ0n) is 12.3. The lowest BCUT2D eigenvalue weighted by atomic mass is 10.1. The lowest BCUT2D eigenvalue weighted by Gasteiger charge is -2.14. The van der Waals surface area contributed by atoms with Gasteiger partial charge < -0.3 is 15.2 Å². The highest BCUT2D eigenvalue weighted by molar-refractivity contribution is 7.14. The van der Waals surface area contributed by atoms with Gasteiger partial charge >= 0.3 is 5.97 Å². The molecule has 5 nitrogen and oxygen atoms in total. The van der Waals surface area contributed by atoms with Gasteiger partial charge in [-0.25, -0.2) is 9.18 Å². The van der Waals surface area contributed by atoms with E-state index in [1.54, 1.807) is 6.07 Å². The van der Waals surface area contributed by atoms with E-state index in [0.717, 1.165) is 22.9 Å². The number of thiophene rings is 1. The van der Waals surface area contributed by atoms with Crippen LogP contribution in [0.25, 0.3) is 0 Å². The SMILES string of the molecule is O=C(NC(C(=O)O)c1ccc(Cl)c(F)c1)c1cc2c(s1)CCOC2. The minimum absolute atomic E-state index is 0.111. The fourth-order valence-corrected chi connectivity index (χ4v) is 3.61. The summed E-state index contributed by atoms with van der Waals surface area (Å²) in [6.07, 6.45) is 0.734. The molecule has 0 saturated heterocycles. The quantitative estimate of drug-likeness (QED) is 0.868. The highest BCUT2D eigenvalue weighted by Gasteiger charge is 2.25. The minimum atomic E-state index is -1.36. The number of halogens is 2. The Morgan fingerprint density at radius 1 is 1.38 bits per heavy atom. The predicted molar refractivity (Wildman–Crippen MR) is 86.9 cm³/mol. The molecule has 1 aromatic carbocycles. The van der Waals surface area contributed by atoms with Crippen LogP contribution in [0.1, 0.15) is 31.7 Å². The van der Waals surface area contributed by atoms with Crippen molar-refractivity contribution >= 4 is 34.8 Å². The number of carbonyl (C=O) groups is 2. The third kappa shape index (κ3) is 3.43. The molecule has 1 aliphatic heterocycles. The number of carboxylic acids is 1. The van der Waals surface area contributed by atoms with Gasteiger partial charge in [-0.15, -0.1) is 11.3 Å². The van der Waals surface area contributed by atoms with Gasteiger partial charge in [-0.2, -0.15) is 0 Å². The second-order valence-electron chi connectivity index (χ2n) is 5.28. The van der Waals surface area contributed by atoms with Gasteiger partial charge in [0, 0.05) is 11.3 Å². The molecule has 126 valence electrons. The molecule has 1 atom stereocenters. The standard InChI is InChI=1S/C16H13ClFNO4S/c17-10-2-1-8(5-11(10)18)14(16(21)22)19-15(20)13-6-9-7-23-4-3-12(9)24-13/h1-2,5-6,14H,3-4,7H2,(H,19,20)(H,21,22). The Morgan fingerprint density at radius 2 is 2.17 bits per heavy atom. The van der Waals surface area contributed by atoms with Gasteiger partial charge in [0.1, 0.15) is 5.82 Å². The van der Waals surface area contributed by atoms with Gasteiger partial charge in [-0.05, 0) is 29.3 Å². The molecule has 2 N–H and O–H groups in total. The minimum Gasteiger partial charge on any atom is -0.479 e. The number of amides is 1. The van der Waals surface area contributed by atoms with Gasteiger partial charge in [0.15, 0.2) is 6.04 Å². The molecule has 0 bridgehead atoms. The van der Waals surface area contributed by atoms with E-state index in [-0.39, 0.29) is 10.6 Å². The van der Waals surface area contributed by atoms with Crippen molar-refractivity contribution in [3.05, 3.63) is 56.0 Å². The van der Waals surface area contributed by atoms with Crippen LogP contribution in [0.4, 0.5) is 4.39 Å². The van der Waals surface area contributed by atoms with Gasteiger partial charge in [0.05, 0.1) is 23.1 Å². The molecular formula is C16H13ClFNO4S. The van der Waals surface area contributed by atoms with E-state index < -0.39 is 23.7 Å². The summed E-state index contributed by atoms with van der Waals surface area (Å²) < 4.78 is 18.9. The van der Waals surface area contributed by atoms with Crippen molar-refractivity contribution in [1.82, 2.24) is 5.32 Å². The number of carboxylic acid groups (broad SMARTS) is 1. The number of carbonyl (C=O) groups excluding carboxylic acids is 1. The fraction of sp³-hybridized carbons (Fsp3) is 0.250. The van der Waals surface area contributed by atoms with Crippen molar-refractivity contribution in [2.75, 3.05) is 6.61 Å². The first-order chi connectivity index (χ1) is 11.5. The maximum absolute atomic E-state index is 13.6. The first kappa shape index (κ1) is 16.9.